The molecule has 0 spiro atoms. The lowest BCUT2D eigenvalue weighted by Crippen LogP contribution is -2.50. The maximum absolute atomic E-state index is 12.2. The van der Waals surface area contributed by atoms with Crippen LogP contribution < -0.4 is 4.90 Å². The van der Waals surface area contributed by atoms with Crippen molar-refractivity contribution in [2.24, 2.45) is 0 Å². The van der Waals surface area contributed by atoms with Crippen LogP contribution in [0.4, 0.5) is 10.5 Å². The number of aromatic carboxylic acids is 1. The molecule has 1 heterocycles. The number of hydrogen-bond acceptors (Lipinski definition) is 5. The van der Waals surface area contributed by atoms with Crippen LogP contribution in [-0.2, 0) is 4.74 Å². The largest absolute Gasteiger partial charge is 0.478 e. The Balaban J connectivity index is 2.31. The van der Waals surface area contributed by atoms with Crippen LogP contribution in [0, 0.1) is 20.8 Å². The van der Waals surface area contributed by atoms with E-state index in [1.165, 1.54) is 0 Å². The fourth-order valence-electron chi connectivity index (χ4n) is 3.64. The first kappa shape index (κ1) is 20.7. The van der Waals surface area contributed by atoms with Gasteiger partial charge < -0.3 is 19.6 Å². The fraction of sp³-hybridized carbons (Fsp3) is 0.550. The first-order valence-electron chi connectivity index (χ1n) is 9.03. The maximum Gasteiger partial charge on any atom is 0.410 e. The summed E-state index contributed by atoms with van der Waals surface area (Å²) in [4.78, 5) is 39.2. The van der Waals surface area contributed by atoms with E-state index >= 15 is 0 Å². The van der Waals surface area contributed by atoms with Crippen molar-refractivity contribution in [2.75, 3.05) is 31.1 Å². The molecule has 27 heavy (non-hydrogen) atoms. The zero-order valence-corrected chi connectivity index (χ0v) is 16.9. The van der Waals surface area contributed by atoms with Crippen LogP contribution in [-0.4, -0.2) is 60.1 Å². The van der Waals surface area contributed by atoms with Crippen LogP contribution >= 0.6 is 0 Å². The Bertz CT molecular complexity index is 772. The minimum Gasteiger partial charge on any atom is -0.478 e. The maximum atomic E-state index is 12.2. The van der Waals surface area contributed by atoms with Gasteiger partial charge in [-0.2, -0.15) is 0 Å². The molecule has 7 heteroatoms. The molecule has 0 bridgehead atoms. The number of hydrogen-bond donors (Lipinski definition) is 1. The number of anilines is 1. The standard InChI is InChI=1S/C20H28N2O5/c1-12-15(11-23)13(2)17(14(3)16(12)18(24)25)21-7-9-22(10-8-21)19(26)27-20(4,5)6/h11H,7-10H2,1-6H3,(H,24,25). The van der Waals surface area contributed by atoms with Crippen molar-refractivity contribution in [3.63, 3.8) is 0 Å². The van der Waals surface area contributed by atoms with Gasteiger partial charge in [0.15, 0.2) is 6.29 Å². The average molecular weight is 376 g/mol. The van der Waals surface area contributed by atoms with E-state index in [1.54, 1.807) is 18.7 Å². The molecule has 1 aliphatic heterocycles. The second-order valence-electron chi connectivity index (χ2n) is 7.89. The highest BCUT2D eigenvalue weighted by Crippen LogP contribution is 2.34. The lowest BCUT2D eigenvalue weighted by atomic mass is 9.91. The molecular formula is C20H28N2O5. The van der Waals surface area contributed by atoms with Crippen molar-refractivity contribution < 1.29 is 24.2 Å². The Kier molecular flexibility index (Phi) is 5.82. The molecule has 1 fully saturated rings. The molecule has 0 aromatic heterocycles. The molecule has 0 aliphatic carbocycles. The summed E-state index contributed by atoms with van der Waals surface area (Å²) < 4.78 is 5.41. The summed E-state index contributed by atoms with van der Waals surface area (Å²) in [6.45, 7) is 12.8. The number of nitrogens with zero attached hydrogens (tertiary/aromatic N) is 2. The lowest BCUT2D eigenvalue weighted by Gasteiger charge is -2.38. The molecule has 2 rings (SSSR count). The quantitative estimate of drug-likeness (QED) is 0.816. The van der Waals surface area contributed by atoms with Gasteiger partial charge in [0, 0.05) is 37.4 Å². The van der Waals surface area contributed by atoms with Gasteiger partial charge in [0.05, 0.1) is 5.56 Å². The molecule has 0 unspecified atom stereocenters. The summed E-state index contributed by atoms with van der Waals surface area (Å²) >= 11 is 0. The molecule has 1 aromatic rings. The molecule has 0 atom stereocenters. The second kappa shape index (κ2) is 7.58. The van der Waals surface area contributed by atoms with Crippen LogP contribution in [0.2, 0.25) is 0 Å². The van der Waals surface area contributed by atoms with Crippen molar-refractivity contribution >= 4 is 24.0 Å². The molecule has 1 N–H and O–H groups in total. The number of aldehydes is 1. The van der Waals surface area contributed by atoms with E-state index in [9.17, 15) is 19.5 Å². The molecule has 1 aromatic carbocycles. The van der Waals surface area contributed by atoms with Crippen LogP contribution in [0.5, 0.6) is 0 Å². The van der Waals surface area contributed by atoms with E-state index < -0.39 is 11.6 Å². The first-order valence-corrected chi connectivity index (χ1v) is 9.03. The normalized spacial score (nSPS) is 14.9. The number of ether oxygens (including phenoxy) is 1. The molecule has 1 amide bonds. The number of rotatable bonds is 3. The number of carboxylic acid groups (broad SMARTS) is 1. The van der Waals surface area contributed by atoms with E-state index in [2.05, 4.69) is 0 Å². The van der Waals surface area contributed by atoms with E-state index in [-0.39, 0.29) is 11.7 Å². The minimum absolute atomic E-state index is 0.173. The number of carbonyl (C=O) groups excluding carboxylic acids is 2. The van der Waals surface area contributed by atoms with E-state index in [0.29, 0.717) is 42.9 Å². The summed E-state index contributed by atoms with van der Waals surface area (Å²) in [5, 5.41) is 9.60. The van der Waals surface area contributed by atoms with E-state index in [4.69, 9.17) is 4.74 Å². The van der Waals surface area contributed by atoms with Gasteiger partial charge in [-0.05, 0) is 58.2 Å². The SMILES string of the molecule is Cc1c(C=O)c(C)c(N2CCN(C(=O)OC(C)(C)C)CC2)c(C)c1C(=O)O. The average Bonchev–Trinajstić information content (AvgIpc) is 2.53. The van der Waals surface area contributed by atoms with E-state index in [1.807, 2.05) is 32.6 Å². The van der Waals surface area contributed by atoms with Gasteiger partial charge in [-0.1, -0.05) is 0 Å². The number of carbonyl (C=O) groups is 3. The first-order chi connectivity index (χ1) is 12.5. The topological polar surface area (TPSA) is 87.2 Å². The Morgan fingerprint density at radius 2 is 1.56 bits per heavy atom. The smallest absolute Gasteiger partial charge is 0.410 e. The van der Waals surface area contributed by atoms with Gasteiger partial charge in [-0.15, -0.1) is 0 Å². The summed E-state index contributed by atoms with van der Waals surface area (Å²) in [6, 6.07) is 0. The molecule has 0 radical (unpaired) electrons. The van der Waals surface area contributed by atoms with Crippen molar-refractivity contribution in [1.29, 1.82) is 0 Å². The van der Waals surface area contributed by atoms with Gasteiger partial charge in [-0.25, -0.2) is 9.59 Å². The van der Waals surface area contributed by atoms with Gasteiger partial charge >= 0.3 is 12.1 Å². The summed E-state index contributed by atoms with van der Waals surface area (Å²) in [5.74, 6) is -1.04. The summed E-state index contributed by atoms with van der Waals surface area (Å²) in [6.07, 6.45) is 0.371. The zero-order chi connectivity index (χ0) is 20.5. The highest BCUT2D eigenvalue weighted by molar-refractivity contribution is 5.98. The van der Waals surface area contributed by atoms with Crippen molar-refractivity contribution in [3.05, 3.63) is 27.8 Å². The number of amides is 1. The molecule has 1 saturated heterocycles. The third kappa shape index (κ3) is 4.23. The van der Waals surface area contributed by atoms with Crippen LogP contribution in [0.25, 0.3) is 0 Å². The monoisotopic (exact) mass is 376 g/mol. The van der Waals surface area contributed by atoms with Crippen LogP contribution in [0.1, 0.15) is 58.2 Å². The highest BCUT2D eigenvalue weighted by atomic mass is 16.6. The summed E-state index contributed by atoms with van der Waals surface area (Å²) in [5.41, 5.74) is 2.72. The van der Waals surface area contributed by atoms with Crippen molar-refractivity contribution in [1.82, 2.24) is 4.90 Å². The van der Waals surface area contributed by atoms with Gasteiger partial charge in [0.1, 0.15) is 5.60 Å². The number of carboxylic acids is 1. The predicted molar refractivity (Wildman–Crippen MR) is 103 cm³/mol. The molecule has 0 saturated carbocycles. The lowest BCUT2D eigenvalue weighted by molar-refractivity contribution is 0.0240. The second-order valence-corrected chi connectivity index (χ2v) is 7.89. The Morgan fingerprint density at radius 3 is 2.00 bits per heavy atom. The highest BCUT2D eigenvalue weighted by Gasteiger charge is 2.29. The summed E-state index contributed by atoms with van der Waals surface area (Å²) in [7, 11) is 0. The van der Waals surface area contributed by atoms with Crippen LogP contribution in [0.3, 0.4) is 0 Å². The fourth-order valence-corrected chi connectivity index (χ4v) is 3.64. The zero-order valence-electron chi connectivity index (χ0n) is 16.9. The van der Waals surface area contributed by atoms with Crippen LogP contribution in [0.15, 0.2) is 0 Å². The Hall–Kier alpha value is -2.57. The van der Waals surface area contributed by atoms with Crippen molar-refractivity contribution in [3.8, 4) is 0 Å². The third-order valence-corrected chi connectivity index (χ3v) is 4.85. The van der Waals surface area contributed by atoms with Crippen molar-refractivity contribution in [2.45, 2.75) is 47.1 Å². The third-order valence-electron chi connectivity index (χ3n) is 4.85. The minimum atomic E-state index is -1.04. The Morgan fingerprint density at radius 1 is 1.00 bits per heavy atom. The van der Waals surface area contributed by atoms with Gasteiger partial charge in [0.2, 0.25) is 0 Å². The predicted octanol–water partition coefficient (Wildman–Crippen LogP) is 3.18. The number of benzene rings is 1. The molecule has 7 nitrogen and oxygen atoms in total. The molecular weight excluding hydrogens is 348 g/mol. The molecule has 1 aliphatic rings. The molecule has 148 valence electrons. The van der Waals surface area contributed by atoms with E-state index in [0.717, 1.165) is 17.5 Å². The Labute approximate surface area is 159 Å². The van der Waals surface area contributed by atoms with Gasteiger partial charge in [0.25, 0.3) is 0 Å². The number of piperazine rings is 1. The van der Waals surface area contributed by atoms with Gasteiger partial charge in [-0.3, -0.25) is 4.79 Å².